The first kappa shape index (κ1) is 15.5. The zero-order valence-electron chi connectivity index (χ0n) is 12.9. The highest BCUT2D eigenvalue weighted by atomic mass is 32.1. The van der Waals surface area contributed by atoms with Crippen LogP contribution in [-0.4, -0.2) is 13.0 Å². The second-order valence-corrected chi connectivity index (χ2v) is 6.57. The lowest BCUT2D eigenvalue weighted by atomic mass is 10.1. The predicted octanol–water partition coefficient (Wildman–Crippen LogP) is 2.91. The van der Waals surface area contributed by atoms with Gasteiger partial charge in [0.15, 0.2) is 0 Å². The first-order valence-electron chi connectivity index (χ1n) is 6.81. The Bertz CT molecular complexity index is 664. The summed E-state index contributed by atoms with van der Waals surface area (Å²) in [6.45, 7) is 7.01. The Hall–Kier alpha value is -1.85. The SMILES string of the molecule is Cc1ccc(N(C)Cc2cc(C(=O)NN)sc2C)c(C)c1. The van der Waals surface area contributed by atoms with Gasteiger partial charge in [0.25, 0.3) is 5.91 Å². The Morgan fingerprint density at radius 1 is 1.29 bits per heavy atom. The van der Waals surface area contributed by atoms with E-state index in [9.17, 15) is 4.79 Å². The maximum Gasteiger partial charge on any atom is 0.275 e. The van der Waals surface area contributed by atoms with Crippen molar-refractivity contribution in [1.29, 1.82) is 0 Å². The van der Waals surface area contributed by atoms with Crippen LogP contribution in [0, 0.1) is 20.8 Å². The summed E-state index contributed by atoms with van der Waals surface area (Å²) in [5, 5.41) is 0. The van der Waals surface area contributed by atoms with Gasteiger partial charge < -0.3 is 4.90 Å². The number of carbonyl (C=O) groups excluding carboxylic acids is 1. The molecule has 0 aliphatic rings. The van der Waals surface area contributed by atoms with Gasteiger partial charge in [0, 0.05) is 24.2 Å². The molecule has 3 N–H and O–H groups in total. The third-order valence-electron chi connectivity index (χ3n) is 3.55. The number of nitrogen functional groups attached to an aromatic ring is 1. The minimum absolute atomic E-state index is 0.233. The number of hydrazine groups is 1. The molecule has 0 saturated heterocycles. The van der Waals surface area contributed by atoms with Crippen LogP contribution in [0.2, 0.25) is 0 Å². The Balaban J connectivity index is 2.21. The van der Waals surface area contributed by atoms with E-state index in [4.69, 9.17) is 5.84 Å². The minimum atomic E-state index is -0.233. The van der Waals surface area contributed by atoms with Crippen LogP contribution in [-0.2, 0) is 6.54 Å². The number of carbonyl (C=O) groups is 1. The molecular weight excluding hydrogens is 282 g/mol. The second kappa shape index (κ2) is 6.28. The highest BCUT2D eigenvalue weighted by molar-refractivity contribution is 7.14. The smallest absolute Gasteiger partial charge is 0.275 e. The third-order valence-corrected chi connectivity index (χ3v) is 4.64. The fourth-order valence-corrected chi connectivity index (χ4v) is 3.37. The Morgan fingerprint density at radius 2 is 2.00 bits per heavy atom. The number of aryl methyl sites for hydroxylation is 3. The van der Waals surface area contributed by atoms with Gasteiger partial charge in [-0.3, -0.25) is 10.2 Å². The Labute approximate surface area is 129 Å². The molecule has 0 fully saturated rings. The molecule has 112 valence electrons. The number of amides is 1. The van der Waals surface area contributed by atoms with E-state index in [1.54, 1.807) is 0 Å². The van der Waals surface area contributed by atoms with Crippen molar-refractivity contribution in [3.63, 3.8) is 0 Å². The molecule has 0 aliphatic heterocycles. The van der Waals surface area contributed by atoms with Gasteiger partial charge in [-0.2, -0.15) is 0 Å². The monoisotopic (exact) mass is 303 g/mol. The number of anilines is 1. The summed E-state index contributed by atoms with van der Waals surface area (Å²) in [6, 6.07) is 8.36. The lowest BCUT2D eigenvalue weighted by Gasteiger charge is -2.21. The van der Waals surface area contributed by atoms with Gasteiger partial charge in [0.1, 0.15) is 0 Å². The van der Waals surface area contributed by atoms with E-state index in [2.05, 4.69) is 49.4 Å². The summed E-state index contributed by atoms with van der Waals surface area (Å²) in [5.41, 5.74) is 7.06. The van der Waals surface area contributed by atoms with Crippen molar-refractivity contribution in [3.05, 3.63) is 50.7 Å². The van der Waals surface area contributed by atoms with E-state index in [0.717, 1.165) is 17.0 Å². The fraction of sp³-hybridized carbons (Fsp3) is 0.312. The molecule has 1 aromatic heterocycles. The average molecular weight is 303 g/mol. The van der Waals surface area contributed by atoms with Crippen LogP contribution in [0.4, 0.5) is 5.69 Å². The van der Waals surface area contributed by atoms with Crippen molar-refractivity contribution >= 4 is 22.9 Å². The number of benzene rings is 1. The van der Waals surface area contributed by atoms with Crippen LogP contribution in [0.3, 0.4) is 0 Å². The zero-order valence-corrected chi connectivity index (χ0v) is 13.7. The van der Waals surface area contributed by atoms with Gasteiger partial charge in [-0.25, -0.2) is 5.84 Å². The molecule has 0 saturated carbocycles. The van der Waals surface area contributed by atoms with Crippen LogP contribution in [0.1, 0.15) is 31.2 Å². The molecule has 4 nitrogen and oxygen atoms in total. The molecule has 0 spiro atoms. The molecular formula is C16H21N3OS. The summed E-state index contributed by atoms with van der Waals surface area (Å²) < 4.78 is 0. The fourth-order valence-electron chi connectivity index (χ4n) is 2.43. The van der Waals surface area contributed by atoms with Gasteiger partial charge in [0.05, 0.1) is 4.88 Å². The van der Waals surface area contributed by atoms with Crippen LogP contribution < -0.4 is 16.2 Å². The van der Waals surface area contributed by atoms with Crippen LogP contribution in [0.25, 0.3) is 0 Å². The van der Waals surface area contributed by atoms with Crippen LogP contribution in [0.15, 0.2) is 24.3 Å². The van der Waals surface area contributed by atoms with Gasteiger partial charge in [-0.1, -0.05) is 17.7 Å². The van der Waals surface area contributed by atoms with Crippen molar-refractivity contribution in [2.45, 2.75) is 27.3 Å². The number of hydrogen-bond acceptors (Lipinski definition) is 4. The minimum Gasteiger partial charge on any atom is -0.370 e. The normalized spacial score (nSPS) is 10.5. The van der Waals surface area contributed by atoms with E-state index in [1.807, 2.05) is 13.0 Å². The molecule has 1 heterocycles. The standard InChI is InChI=1S/C16H21N3OS/c1-10-5-6-14(11(2)7-10)19(4)9-13-8-15(16(20)18-17)21-12(13)3/h5-8H,9,17H2,1-4H3,(H,18,20). The zero-order chi connectivity index (χ0) is 15.6. The largest absolute Gasteiger partial charge is 0.370 e. The predicted molar refractivity (Wildman–Crippen MR) is 88.7 cm³/mol. The quantitative estimate of drug-likeness (QED) is 0.519. The topological polar surface area (TPSA) is 58.4 Å². The van der Waals surface area contributed by atoms with Crippen molar-refractivity contribution in [3.8, 4) is 0 Å². The summed E-state index contributed by atoms with van der Waals surface area (Å²) in [4.78, 5) is 15.6. The van der Waals surface area contributed by atoms with E-state index in [1.165, 1.54) is 28.2 Å². The van der Waals surface area contributed by atoms with E-state index in [0.29, 0.717) is 4.88 Å². The van der Waals surface area contributed by atoms with Crippen LogP contribution >= 0.6 is 11.3 Å². The summed E-state index contributed by atoms with van der Waals surface area (Å²) in [7, 11) is 2.07. The number of nitrogens with two attached hydrogens (primary N) is 1. The molecule has 21 heavy (non-hydrogen) atoms. The molecule has 1 aromatic carbocycles. The molecule has 2 rings (SSSR count). The number of thiophene rings is 1. The molecule has 0 radical (unpaired) electrons. The maximum absolute atomic E-state index is 11.6. The Kier molecular flexibility index (Phi) is 4.65. The second-order valence-electron chi connectivity index (χ2n) is 5.31. The van der Waals surface area contributed by atoms with Gasteiger partial charge in [-0.15, -0.1) is 11.3 Å². The average Bonchev–Trinajstić information content (AvgIpc) is 2.79. The molecule has 0 aliphatic carbocycles. The molecule has 0 atom stereocenters. The number of nitrogens with one attached hydrogen (secondary N) is 1. The lowest BCUT2D eigenvalue weighted by Crippen LogP contribution is -2.29. The molecule has 0 unspecified atom stereocenters. The first-order chi connectivity index (χ1) is 9.92. The van der Waals surface area contributed by atoms with Crippen molar-refractivity contribution in [2.24, 2.45) is 5.84 Å². The maximum atomic E-state index is 11.6. The van der Waals surface area contributed by atoms with Gasteiger partial charge in [-0.05, 0) is 44.0 Å². The van der Waals surface area contributed by atoms with Crippen molar-refractivity contribution in [1.82, 2.24) is 5.43 Å². The van der Waals surface area contributed by atoms with Crippen molar-refractivity contribution in [2.75, 3.05) is 11.9 Å². The lowest BCUT2D eigenvalue weighted by molar-refractivity contribution is 0.0957. The molecule has 0 bridgehead atoms. The molecule has 5 heteroatoms. The number of rotatable bonds is 4. The number of nitrogens with zero attached hydrogens (tertiary/aromatic N) is 1. The Morgan fingerprint density at radius 3 is 2.62 bits per heavy atom. The van der Waals surface area contributed by atoms with E-state index >= 15 is 0 Å². The van der Waals surface area contributed by atoms with E-state index < -0.39 is 0 Å². The van der Waals surface area contributed by atoms with Crippen molar-refractivity contribution < 1.29 is 4.79 Å². The summed E-state index contributed by atoms with van der Waals surface area (Å²) >= 11 is 1.47. The van der Waals surface area contributed by atoms with E-state index in [-0.39, 0.29) is 5.91 Å². The summed E-state index contributed by atoms with van der Waals surface area (Å²) in [5.74, 6) is 4.95. The molecule has 2 aromatic rings. The first-order valence-corrected chi connectivity index (χ1v) is 7.62. The third kappa shape index (κ3) is 3.43. The van der Waals surface area contributed by atoms with Gasteiger partial charge >= 0.3 is 0 Å². The van der Waals surface area contributed by atoms with Crippen LogP contribution in [0.5, 0.6) is 0 Å². The highest BCUT2D eigenvalue weighted by Gasteiger charge is 2.13. The number of hydrogen-bond donors (Lipinski definition) is 2. The van der Waals surface area contributed by atoms with Gasteiger partial charge in [0.2, 0.25) is 0 Å². The summed E-state index contributed by atoms with van der Waals surface area (Å²) in [6.07, 6.45) is 0. The highest BCUT2D eigenvalue weighted by Crippen LogP contribution is 2.26. The molecule has 1 amide bonds.